The summed E-state index contributed by atoms with van der Waals surface area (Å²) in [6, 6.07) is 6.86. The molecule has 2 rings (SSSR count). The molecule has 146 valence electrons. The number of hydrogen-bond donors (Lipinski definition) is 2. The molecule has 0 atom stereocenters. The van der Waals surface area contributed by atoms with Crippen LogP contribution in [0, 0.1) is 5.92 Å². The standard InChI is InChI=1S/C19H26N4O3S/c1-4-5-10-26-15-8-6-14(7-9-15)18(25)20-12-16(24)21-19-23-22-17(27-19)11-13(2)3/h6-9,13H,4-5,10-12H2,1-3H3,(H,20,25)(H,21,23,24). The molecule has 2 amide bonds. The van der Waals surface area contributed by atoms with E-state index < -0.39 is 0 Å². The van der Waals surface area contributed by atoms with Gasteiger partial charge in [-0.3, -0.25) is 14.9 Å². The van der Waals surface area contributed by atoms with Crippen LogP contribution in [0.3, 0.4) is 0 Å². The zero-order chi connectivity index (χ0) is 19.6. The SMILES string of the molecule is CCCCOc1ccc(C(=O)NCC(=O)Nc2nnc(CC(C)C)s2)cc1. The van der Waals surface area contributed by atoms with E-state index in [0.717, 1.165) is 30.0 Å². The highest BCUT2D eigenvalue weighted by Gasteiger charge is 2.11. The van der Waals surface area contributed by atoms with Crippen molar-refractivity contribution in [3.05, 3.63) is 34.8 Å². The number of carbonyl (C=O) groups is 2. The van der Waals surface area contributed by atoms with Gasteiger partial charge in [0.05, 0.1) is 13.2 Å². The number of anilines is 1. The Morgan fingerprint density at radius 2 is 1.93 bits per heavy atom. The third kappa shape index (κ3) is 7.34. The lowest BCUT2D eigenvalue weighted by molar-refractivity contribution is -0.115. The van der Waals surface area contributed by atoms with Gasteiger partial charge in [0.25, 0.3) is 5.91 Å². The maximum absolute atomic E-state index is 12.1. The lowest BCUT2D eigenvalue weighted by atomic mass is 10.1. The van der Waals surface area contributed by atoms with E-state index in [9.17, 15) is 9.59 Å². The first kappa shape index (κ1) is 20.8. The van der Waals surface area contributed by atoms with Crippen molar-refractivity contribution in [2.75, 3.05) is 18.5 Å². The molecule has 7 nitrogen and oxygen atoms in total. The number of carbonyl (C=O) groups excluding carboxylic acids is 2. The third-order valence-corrected chi connectivity index (χ3v) is 4.45. The molecule has 0 saturated carbocycles. The average Bonchev–Trinajstić information content (AvgIpc) is 3.06. The highest BCUT2D eigenvalue weighted by molar-refractivity contribution is 7.15. The van der Waals surface area contributed by atoms with Crippen molar-refractivity contribution in [3.63, 3.8) is 0 Å². The van der Waals surface area contributed by atoms with Crippen LogP contribution in [0.1, 0.15) is 49.0 Å². The summed E-state index contributed by atoms with van der Waals surface area (Å²) < 4.78 is 5.56. The van der Waals surface area contributed by atoms with Gasteiger partial charge in [-0.05, 0) is 36.6 Å². The molecule has 27 heavy (non-hydrogen) atoms. The number of hydrogen-bond acceptors (Lipinski definition) is 6. The van der Waals surface area contributed by atoms with E-state index in [1.807, 2.05) is 0 Å². The van der Waals surface area contributed by atoms with E-state index in [1.165, 1.54) is 11.3 Å². The molecule has 2 aromatic rings. The summed E-state index contributed by atoms with van der Waals surface area (Å²) in [5.74, 6) is 0.550. The van der Waals surface area contributed by atoms with Crippen LogP contribution in [0.5, 0.6) is 5.75 Å². The summed E-state index contributed by atoms with van der Waals surface area (Å²) in [7, 11) is 0. The molecule has 0 radical (unpaired) electrons. The second kappa shape index (κ2) is 10.6. The van der Waals surface area contributed by atoms with E-state index >= 15 is 0 Å². The number of ether oxygens (including phenoxy) is 1. The van der Waals surface area contributed by atoms with Gasteiger partial charge in [-0.15, -0.1) is 10.2 Å². The van der Waals surface area contributed by atoms with Crippen LogP contribution in [0.2, 0.25) is 0 Å². The molecule has 1 aromatic heterocycles. The van der Waals surface area contributed by atoms with E-state index in [4.69, 9.17) is 4.74 Å². The van der Waals surface area contributed by atoms with Gasteiger partial charge in [-0.2, -0.15) is 0 Å². The quantitative estimate of drug-likeness (QED) is 0.607. The number of nitrogens with zero attached hydrogens (tertiary/aromatic N) is 2. The Bertz CT molecular complexity index is 744. The second-order valence-electron chi connectivity index (χ2n) is 6.56. The van der Waals surface area contributed by atoms with E-state index in [1.54, 1.807) is 24.3 Å². The fourth-order valence-corrected chi connectivity index (χ4v) is 3.17. The predicted octanol–water partition coefficient (Wildman–Crippen LogP) is 3.28. The van der Waals surface area contributed by atoms with Crippen molar-refractivity contribution >= 4 is 28.3 Å². The summed E-state index contributed by atoms with van der Waals surface area (Å²) in [6.07, 6.45) is 2.88. The van der Waals surface area contributed by atoms with Gasteiger partial charge in [-0.25, -0.2) is 0 Å². The Hall–Kier alpha value is -2.48. The van der Waals surface area contributed by atoms with Crippen molar-refractivity contribution in [1.29, 1.82) is 0 Å². The predicted molar refractivity (Wildman–Crippen MR) is 106 cm³/mol. The van der Waals surface area contributed by atoms with Crippen LogP contribution in [0.15, 0.2) is 24.3 Å². The highest BCUT2D eigenvalue weighted by Crippen LogP contribution is 2.18. The maximum atomic E-state index is 12.1. The van der Waals surface area contributed by atoms with Crippen molar-refractivity contribution in [3.8, 4) is 5.75 Å². The number of amides is 2. The molecule has 0 spiro atoms. The van der Waals surface area contributed by atoms with Gasteiger partial charge < -0.3 is 10.1 Å². The molecule has 0 fully saturated rings. The van der Waals surface area contributed by atoms with Gasteiger partial charge in [-0.1, -0.05) is 38.5 Å². The summed E-state index contributed by atoms with van der Waals surface area (Å²) >= 11 is 1.35. The van der Waals surface area contributed by atoms with Crippen LogP contribution in [0.25, 0.3) is 0 Å². The Balaban J connectivity index is 1.77. The van der Waals surface area contributed by atoms with E-state index in [0.29, 0.717) is 23.2 Å². The molecule has 8 heteroatoms. The fourth-order valence-electron chi connectivity index (χ4n) is 2.20. The van der Waals surface area contributed by atoms with Gasteiger partial charge in [0.15, 0.2) is 0 Å². The highest BCUT2D eigenvalue weighted by atomic mass is 32.1. The average molecular weight is 391 g/mol. The number of aromatic nitrogens is 2. The Kier molecular flexibility index (Phi) is 8.19. The molecule has 1 aromatic carbocycles. The number of benzene rings is 1. The second-order valence-corrected chi connectivity index (χ2v) is 7.62. The zero-order valence-electron chi connectivity index (χ0n) is 15.9. The lowest BCUT2D eigenvalue weighted by Gasteiger charge is -2.07. The first-order valence-corrected chi connectivity index (χ1v) is 9.93. The molecule has 0 bridgehead atoms. The largest absolute Gasteiger partial charge is 0.494 e. The van der Waals surface area contributed by atoms with Crippen LogP contribution >= 0.6 is 11.3 Å². The van der Waals surface area contributed by atoms with Crippen molar-refractivity contribution < 1.29 is 14.3 Å². The molecule has 0 aliphatic rings. The minimum absolute atomic E-state index is 0.132. The summed E-state index contributed by atoms with van der Waals surface area (Å²) in [5.41, 5.74) is 0.473. The van der Waals surface area contributed by atoms with Crippen LogP contribution in [-0.4, -0.2) is 35.2 Å². The van der Waals surface area contributed by atoms with Gasteiger partial charge >= 0.3 is 0 Å². The minimum atomic E-state index is -0.338. The monoisotopic (exact) mass is 390 g/mol. The normalized spacial score (nSPS) is 10.7. The van der Waals surface area contributed by atoms with E-state index in [-0.39, 0.29) is 18.4 Å². The smallest absolute Gasteiger partial charge is 0.251 e. The first-order chi connectivity index (χ1) is 13.0. The van der Waals surface area contributed by atoms with Crippen LogP contribution < -0.4 is 15.4 Å². The van der Waals surface area contributed by atoms with Crippen molar-refractivity contribution in [2.24, 2.45) is 5.92 Å². The zero-order valence-corrected chi connectivity index (χ0v) is 16.8. The summed E-state index contributed by atoms with van der Waals surface area (Å²) in [4.78, 5) is 24.1. The van der Waals surface area contributed by atoms with Crippen molar-refractivity contribution in [2.45, 2.75) is 40.0 Å². The Morgan fingerprint density at radius 1 is 1.19 bits per heavy atom. The third-order valence-electron chi connectivity index (χ3n) is 3.59. The lowest BCUT2D eigenvalue weighted by Crippen LogP contribution is -2.32. The molecule has 0 aliphatic carbocycles. The van der Waals surface area contributed by atoms with Crippen LogP contribution in [-0.2, 0) is 11.2 Å². The van der Waals surface area contributed by atoms with E-state index in [2.05, 4.69) is 41.6 Å². The maximum Gasteiger partial charge on any atom is 0.251 e. The van der Waals surface area contributed by atoms with Gasteiger partial charge in [0, 0.05) is 12.0 Å². The molecule has 2 N–H and O–H groups in total. The molecule has 1 heterocycles. The minimum Gasteiger partial charge on any atom is -0.494 e. The topological polar surface area (TPSA) is 93.2 Å². The molecular formula is C19H26N4O3S. The van der Waals surface area contributed by atoms with Crippen LogP contribution in [0.4, 0.5) is 5.13 Å². The van der Waals surface area contributed by atoms with Gasteiger partial charge in [0.2, 0.25) is 11.0 Å². The fraction of sp³-hybridized carbons (Fsp3) is 0.474. The molecular weight excluding hydrogens is 364 g/mol. The summed E-state index contributed by atoms with van der Waals surface area (Å²) in [6.45, 7) is 6.82. The molecule has 0 saturated heterocycles. The molecule has 0 aliphatic heterocycles. The number of unbranched alkanes of at least 4 members (excludes halogenated alkanes) is 1. The van der Waals surface area contributed by atoms with Crippen molar-refractivity contribution in [1.82, 2.24) is 15.5 Å². The van der Waals surface area contributed by atoms with Gasteiger partial charge in [0.1, 0.15) is 10.8 Å². The Labute approximate surface area is 163 Å². The first-order valence-electron chi connectivity index (χ1n) is 9.11. The summed E-state index contributed by atoms with van der Waals surface area (Å²) in [5, 5.41) is 14.6. The molecule has 0 unspecified atom stereocenters. The number of nitrogens with one attached hydrogen (secondary N) is 2. The Morgan fingerprint density at radius 3 is 2.59 bits per heavy atom. The number of rotatable bonds is 10.